The summed E-state index contributed by atoms with van der Waals surface area (Å²) < 4.78 is 18.4. The minimum absolute atomic E-state index is 0.0307. The second-order valence-electron chi connectivity index (χ2n) is 7.78. The molecule has 7 heteroatoms. The molecule has 0 saturated carbocycles. The van der Waals surface area contributed by atoms with Crippen molar-refractivity contribution in [2.45, 2.75) is 5.92 Å². The minimum atomic E-state index is -0.749. The van der Waals surface area contributed by atoms with E-state index >= 15 is 0 Å². The SMILES string of the molecule is COc1ccc([C@@H]2C(C#N)=C(N)Oc3c2c(=O)n(-c2ccccc2)c2ccccc32)cc1OC. The number of aromatic nitrogens is 1. The van der Waals surface area contributed by atoms with E-state index in [1.54, 1.807) is 29.9 Å². The highest BCUT2D eigenvalue weighted by Crippen LogP contribution is 2.45. The molecule has 1 aromatic heterocycles. The Balaban J connectivity index is 1.89. The van der Waals surface area contributed by atoms with Gasteiger partial charge in [0, 0.05) is 11.1 Å². The largest absolute Gasteiger partial charge is 0.493 e. The highest BCUT2D eigenvalue weighted by atomic mass is 16.5. The molecule has 0 bridgehead atoms. The first kappa shape index (κ1) is 21.2. The van der Waals surface area contributed by atoms with E-state index in [1.165, 1.54) is 7.11 Å². The van der Waals surface area contributed by atoms with E-state index < -0.39 is 5.92 Å². The number of rotatable bonds is 4. The lowest BCUT2D eigenvalue weighted by molar-refractivity contribution is 0.354. The smallest absolute Gasteiger partial charge is 0.263 e. The number of allylic oxidation sites excluding steroid dienone is 1. The molecule has 0 radical (unpaired) electrons. The summed E-state index contributed by atoms with van der Waals surface area (Å²) >= 11 is 0. The second kappa shape index (κ2) is 8.34. The predicted octanol–water partition coefficient (Wildman–Crippen LogP) is 4.23. The third kappa shape index (κ3) is 3.16. The van der Waals surface area contributed by atoms with Crippen LogP contribution in [-0.4, -0.2) is 18.8 Å². The lowest BCUT2D eigenvalue weighted by atomic mass is 9.83. The van der Waals surface area contributed by atoms with Crippen LogP contribution in [0.4, 0.5) is 0 Å². The molecule has 0 unspecified atom stereocenters. The fourth-order valence-electron chi connectivity index (χ4n) is 4.47. The molecule has 168 valence electrons. The van der Waals surface area contributed by atoms with Gasteiger partial charge in [-0.3, -0.25) is 9.36 Å². The number of para-hydroxylation sites is 2. The number of hydrogen-bond acceptors (Lipinski definition) is 6. The molecule has 4 aromatic rings. The molecule has 3 aromatic carbocycles. The van der Waals surface area contributed by atoms with Gasteiger partial charge in [0.15, 0.2) is 11.5 Å². The molecule has 0 amide bonds. The van der Waals surface area contributed by atoms with Crippen LogP contribution < -0.4 is 25.5 Å². The van der Waals surface area contributed by atoms with Crippen LogP contribution in [0.25, 0.3) is 16.6 Å². The van der Waals surface area contributed by atoms with Crippen molar-refractivity contribution in [1.29, 1.82) is 5.26 Å². The molecule has 5 rings (SSSR count). The van der Waals surface area contributed by atoms with Crippen LogP contribution in [0.1, 0.15) is 17.0 Å². The van der Waals surface area contributed by atoms with Gasteiger partial charge in [-0.2, -0.15) is 5.26 Å². The third-order valence-corrected chi connectivity index (χ3v) is 6.00. The number of nitrogens with zero attached hydrogens (tertiary/aromatic N) is 2. The lowest BCUT2D eigenvalue weighted by Crippen LogP contribution is -2.31. The summed E-state index contributed by atoms with van der Waals surface area (Å²) in [5, 5.41) is 10.7. The van der Waals surface area contributed by atoms with Gasteiger partial charge < -0.3 is 19.9 Å². The third-order valence-electron chi connectivity index (χ3n) is 6.00. The number of nitriles is 1. The Morgan fingerprint density at radius 3 is 2.38 bits per heavy atom. The fourth-order valence-corrected chi connectivity index (χ4v) is 4.47. The van der Waals surface area contributed by atoms with E-state index in [0.29, 0.717) is 45.0 Å². The Morgan fingerprint density at radius 2 is 1.68 bits per heavy atom. The first-order valence-corrected chi connectivity index (χ1v) is 10.6. The van der Waals surface area contributed by atoms with Crippen molar-refractivity contribution in [3.8, 4) is 29.0 Å². The molecule has 34 heavy (non-hydrogen) atoms. The first-order valence-electron chi connectivity index (χ1n) is 10.6. The number of nitrogens with two attached hydrogens (primary N) is 1. The zero-order valence-electron chi connectivity index (χ0n) is 18.6. The van der Waals surface area contributed by atoms with E-state index in [0.717, 1.165) is 0 Å². The zero-order valence-corrected chi connectivity index (χ0v) is 18.6. The van der Waals surface area contributed by atoms with Gasteiger partial charge in [-0.05, 0) is 42.0 Å². The van der Waals surface area contributed by atoms with Crippen LogP contribution in [-0.2, 0) is 0 Å². The van der Waals surface area contributed by atoms with Gasteiger partial charge in [0.25, 0.3) is 5.56 Å². The minimum Gasteiger partial charge on any atom is -0.493 e. The summed E-state index contributed by atoms with van der Waals surface area (Å²) in [4.78, 5) is 14.1. The van der Waals surface area contributed by atoms with Crippen molar-refractivity contribution >= 4 is 10.9 Å². The number of pyridine rings is 1. The van der Waals surface area contributed by atoms with Crippen molar-refractivity contribution in [2.24, 2.45) is 5.73 Å². The Hall–Kier alpha value is -4.70. The molecular formula is C27H21N3O4. The topological polar surface area (TPSA) is 99.5 Å². The maximum atomic E-state index is 14.1. The van der Waals surface area contributed by atoms with E-state index in [-0.39, 0.29) is 17.0 Å². The molecule has 0 spiro atoms. The average molecular weight is 451 g/mol. The normalized spacial score (nSPS) is 14.8. The van der Waals surface area contributed by atoms with Crippen LogP contribution in [0.3, 0.4) is 0 Å². The van der Waals surface area contributed by atoms with Gasteiger partial charge in [-0.1, -0.05) is 36.4 Å². The molecule has 0 fully saturated rings. The predicted molar refractivity (Wildman–Crippen MR) is 128 cm³/mol. The van der Waals surface area contributed by atoms with Crippen molar-refractivity contribution in [2.75, 3.05) is 14.2 Å². The Bertz CT molecular complexity index is 1550. The van der Waals surface area contributed by atoms with Crippen molar-refractivity contribution in [1.82, 2.24) is 4.57 Å². The van der Waals surface area contributed by atoms with E-state index in [2.05, 4.69) is 6.07 Å². The van der Waals surface area contributed by atoms with Crippen LogP contribution in [0, 0.1) is 11.3 Å². The maximum Gasteiger partial charge on any atom is 0.263 e. The average Bonchev–Trinajstić information content (AvgIpc) is 2.88. The van der Waals surface area contributed by atoms with E-state index in [1.807, 2.05) is 54.6 Å². The molecule has 2 N–H and O–H groups in total. The zero-order chi connectivity index (χ0) is 23.8. The Kier molecular flexibility index (Phi) is 5.19. The summed E-state index contributed by atoms with van der Waals surface area (Å²) in [6.45, 7) is 0. The van der Waals surface area contributed by atoms with E-state index in [4.69, 9.17) is 19.9 Å². The summed E-state index contributed by atoms with van der Waals surface area (Å²) in [5.74, 6) is 0.587. The lowest BCUT2D eigenvalue weighted by Gasteiger charge is -2.28. The van der Waals surface area contributed by atoms with Gasteiger partial charge in [0.05, 0.1) is 31.2 Å². The van der Waals surface area contributed by atoms with Gasteiger partial charge >= 0.3 is 0 Å². The highest BCUT2D eigenvalue weighted by Gasteiger charge is 2.36. The first-order chi connectivity index (χ1) is 16.6. The molecule has 1 aliphatic rings. The summed E-state index contributed by atoms with van der Waals surface area (Å²) in [6.07, 6.45) is 0. The molecule has 1 atom stereocenters. The van der Waals surface area contributed by atoms with Crippen molar-refractivity contribution < 1.29 is 14.2 Å². The molecule has 0 saturated heterocycles. The summed E-state index contributed by atoms with van der Waals surface area (Å²) in [6, 6.07) is 24.3. The molecule has 0 aliphatic carbocycles. The monoisotopic (exact) mass is 451 g/mol. The standard InChI is InChI=1S/C27H21N3O4/c1-32-21-13-12-16(14-22(21)33-2)23-19(15-28)26(29)34-25-18-10-6-7-11-20(18)30(27(31)24(23)25)17-8-4-3-5-9-17/h3-14,23H,29H2,1-2H3/t23-/m1/s1. The van der Waals surface area contributed by atoms with Crippen LogP contribution in [0.15, 0.2) is 89.0 Å². The fraction of sp³-hybridized carbons (Fsp3) is 0.111. The number of benzene rings is 3. The molecule has 7 nitrogen and oxygen atoms in total. The van der Waals surface area contributed by atoms with Crippen molar-refractivity contribution in [3.63, 3.8) is 0 Å². The van der Waals surface area contributed by atoms with Gasteiger partial charge in [-0.15, -0.1) is 0 Å². The van der Waals surface area contributed by atoms with E-state index in [9.17, 15) is 10.1 Å². The molecule has 1 aliphatic heterocycles. The number of fused-ring (bicyclic) bond motifs is 3. The maximum absolute atomic E-state index is 14.1. The Labute approximate surface area is 195 Å². The Morgan fingerprint density at radius 1 is 0.971 bits per heavy atom. The van der Waals surface area contributed by atoms with Gasteiger partial charge in [0.2, 0.25) is 5.88 Å². The molecule has 2 heterocycles. The van der Waals surface area contributed by atoms with Gasteiger partial charge in [-0.25, -0.2) is 0 Å². The van der Waals surface area contributed by atoms with Crippen LogP contribution >= 0.6 is 0 Å². The summed E-state index contributed by atoms with van der Waals surface area (Å²) in [5.41, 5.74) is 8.47. The number of ether oxygens (including phenoxy) is 3. The summed E-state index contributed by atoms with van der Waals surface area (Å²) in [7, 11) is 3.08. The van der Waals surface area contributed by atoms with Gasteiger partial charge in [0.1, 0.15) is 17.4 Å². The number of hydrogen-bond donors (Lipinski definition) is 1. The number of methoxy groups -OCH3 is 2. The van der Waals surface area contributed by atoms with Crippen LogP contribution in [0.5, 0.6) is 17.2 Å². The highest BCUT2D eigenvalue weighted by molar-refractivity contribution is 5.89. The van der Waals surface area contributed by atoms with Crippen molar-refractivity contribution in [3.05, 3.63) is 106 Å². The van der Waals surface area contributed by atoms with Crippen LogP contribution in [0.2, 0.25) is 0 Å². The second-order valence-corrected chi connectivity index (χ2v) is 7.78. The quantitative estimate of drug-likeness (QED) is 0.499. The molecular weight excluding hydrogens is 430 g/mol.